The third kappa shape index (κ3) is 37.4. The summed E-state index contributed by atoms with van der Waals surface area (Å²) in [5.41, 5.74) is 31.4. The number of benzene rings is 12. The van der Waals surface area contributed by atoms with Crippen LogP contribution in [0.3, 0.4) is 0 Å². The molecule has 774 valence electrons. The van der Waals surface area contributed by atoms with Crippen LogP contribution in [0, 0.1) is 0 Å². The maximum atomic E-state index is 13.5. The number of halogens is 2. The fraction of sp³-hybridized carbons (Fsp3) is 0.279. The summed E-state index contributed by atoms with van der Waals surface area (Å²) >= 11 is 6.43. The summed E-state index contributed by atoms with van der Waals surface area (Å²) in [5, 5.41) is 27.3. The maximum Gasteiger partial charge on any atom is 0.412 e. The van der Waals surface area contributed by atoms with Gasteiger partial charge < -0.3 is 59.4 Å². The molecule has 0 atom stereocenters. The number of aromatic carboxylic acids is 1. The molecular weight excluding hydrogens is 1990 g/mol. The molecule has 0 aliphatic heterocycles. The van der Waals surface area contributed by atoms with E-state index in [9.17, 15) is 38.4 Å². The van der Waals surface area contributed by atoms with E-state index in [-0.39, 0.29) is 36.6 Å². The molecule has 26 heteroatoms. The number of fused-ring (bicyclic) bond motifs is 4. The molecule has 2 aromatic heterocycles. The molecule has 2 heterocycles. The van der Waals surface area contributed by atoms with Crippen LogP contribution < -0.4 is 38.1 Å². The van der Waals surface area contributed by atoms with E-state index in [1.54, 1.807) is 32.4 Å². The quantitative estimate of drug-likeness (QED) is 0.00710. The molecule has 0 fully saturated rings. The molecule has 24 nitrogen and oxygen atoms in total. The number of ketones is 3. The molecule has 2 aliphatic rings. The number of carboxylic acid groups (broad SMARTS) is 1. The number of nitrogens with zero attached hydrogens (tertiary/aromatic N) is 2. The number of nitrogens with one attached hydrogen (secondary N) is 5. The van der Waals surface area contributed by atoms with Gasteiger partial charge in [0.05, 0.1) is 30.2 Å². The Hall–Kier alpha value is -14.6. The Balaban J connectivity index is 0.000000191. The first-order valence-electron chi connectivity index (χ1n) is 49.3. The van der Waals surface area contributed by atoms with Crippen LogP contribution in [0.2, 0.25) is 0 Å². The number of nitrogens with two attached hydrogens (primary N) is 2. The summed E-state index contributed by atoms with van der Waals surface area (Å²) < 4.78 is 35.5. The first-order valence-corrected chi connectivity index (χ1v) is 51.5. The van der Waals surface area contributed by atoms with Gasteiger partial charge in [-0.2, -0.15) is 0 Å². The van der Waals surface area contributed by atoms with Crippen molar-refractivity contribution in [3.63, 3.8) is 0 Å². The molecule has 0 spiro atoms. The highest BCUT2D eigenvalue weighted by Gasteiger charge is 2.26. The highest BCUT2D eigenvalue weighted by Crippen LogP contribution is 2.35. The summed E-state index contributed by atoms with van der Waals surface area (Å²) in [4.78, 5) is 99.7. The Labute approximate surface area is 886 Å². The molecule has 16 rings (SSSR count). The number of rotatable bonds is 29. The van der Waals surface area contributed by atoms with Gasteiger partial charge in [0.25, 0.3) is 0 Å². The number of Topliss-reactive ketones (excluding diaryl/α,β-unsaturated/α-hetero) is 3. The van der Waals surface area contributed by atoms with E-state index in [1.165, 1.54) is 17.5 Å². The minimum absolute atomic E-state index is 0.00514. The zero-order valence-electron chi connectivity index (χ0n) is 87.1. The van der Waals surface area contributed by atoms with Crippen molar-refractivity contribution in [2.24, 2.45) is 5.73 Å². The van der Waals surface area contributed by atoms with Crippen LogP contribution in [0.5, 0.6) is 0 Å². The third-order valence-corrected chi connectivity index (χ3v) is 23.7. The Bertz CT molecular complexity index is 6870. The van der Waals surface area contributed by atoms with Crippen LogP contribution in [0.25, 0.3) is 78.5 Å². The lowest BCUT2D eigenvalue weighted by Crippen LogP contribution is -2.27. The van der Waals surface area contributed by atoms with Gasteiger partial charge in [-0.25, -0.2) is 24.0 Å². The molecule has 2 aliphatic carbocycles. The molecule has 0 bridgehead atoms. The number of hydrogen-bond donors (Lipinski definition) is 8. The number of ether oxygens (including phenoxy) is 6. The number of anilines is 5. The van der Waals surface area contributed by atoms with Gasteiger partial charge in [-0.05, 0) is 301 Å². The maximum absolute atomic E-state index is 13.5. The number of aromatic nitrogens is 2. The number of amides is 4. The highest BCUT2D eigenvalue weighted by atomic mass is 79.9. The van der Waals surface area contributed by atoms with Crippen LogP contribution in [-0.4, -0.2) is 142 Å². The van der Waals surface area contributed by atoms with Gasteiger partial charge in [0, 0.05) is 145 Å². The van der Waals surface area contributed by atoms with Crippen LogP contribution >= 0.6 is 31.9 Å². The van der Waals surface area contributed by atoms with Gasteiger partial charge in [-0.1, -0.05) is 227 Å². The summed E-state index contributed by atoms with van der Waals surface area (Å²) in [7, 11) is 3.37. The van der Waals surface area contributed by atoms with Crippen molar-refractivity contribution in [2.45, 2.75) is 164 Å². The topological polar surface area (TPSA) is 334 Å². The Morgan fingerprint density at radius 3 is 1.01 bits per heavy atom. The van der Waals surface area contributed by atoms with Gasteiger partial charge in [-0.3, -0.25) is 35.7 Å². The minimum Gasteiger partial charge on any atom is -0.478 e. The predicted molar refractivity (Wildman–Crippen MR) is 608 cm³/mol. The Kier molecular flexibility index (Phi) is 43.9. The van der Waals surface area contributed by atoms with Gasteiger partial charge in [0.1, 0.15) is 22.4 Å². The van der Waals surface area contributed by atoms with Crippen LogP contribution in [0.1, 0.15) is 177 Å². The lowest BCUT2D eigenvalue weighted by atomic mass is 9.95. The SMILES string of the molecule is CC(C)(C)OC(=O)Nc1ccc(-c2ccccc2)cc1CC(=O)c1ccc2c(c1)C=CC2.CC(C)(C)OC(=O)Nc1ccc(-c2ccccc2)cc1CC(=O)c1ccc2c(ccn2CCN)c1.CC(C)(C)OC(=O)Nc1ccc(-c2ccccc2)cc1N.CCCBr.COCCBr.COCCNCCn1ccc2cc(C(=O)Cc3cc(-c4ccccc4)ccc3NC(=O)OC(C)(C)C)ccc21.O=C(O)c1ccc2c(c1)C=CC2. The number of carbonyl (C=O) groups is 8. The van der Waals surface area contributed by atoms with Crippen LogP contribution in [0.4, 0.5) is 47.6 Å². The van der Waals surface area contributed by atoms with E-state index in [2.05, 4.69) is 91.4 Å². The van der Waals surface area contributed by atoms with Crippen molar-refractivity contribution in [1.82, 2.24) is 14.5 Å². The van der Waals surface area contributed by atoms with E-state index in [0.29, 0.717) is 63.8 Å². The standard InChI is InChI=1S/C32H37N3O4.C29H31N3O3.C28H27NO3.C17H20N2O2.C10H8O2.C3H7BrO.C3H7Br/c1-32(2,3)39-31(37)34-28-12-10-24(23-8-6-5-7-9-23)20-27(28)22-30(36)26-11-13-29-25(21-26)14-17-35(29)18-15-33-16-19-38-4;1-29(2,3)35-28(34)31-25-11-9-21(20-7-5-4-6-8-20)17-24(25)19-27(33)23-10-12-26-22(18-23)13-15-32(26)16-14-30;1-28(2,3)32-27(31)29-25-15-14-22(19-8-5-4-6-9-19)17-24(25)18-26(30)23-13-12-20-10-7-11-21(20)16-23;1-17(2,3)21-16(20)19-15-10-9-13(11-14(15)18)12-7-5-4-6-8-12;11-10(12)9-5-4-7-2-1-3-8(7)6-9;1-5-3-2-4;1-2-3-4/h5-14,17,20-21,33H,15-16,18-19,22H2,1-4H3,(H,34,37);4-13,15,17-18H,14,16,19,30H2,1-3H3,(H,31,34);4-9,11-17H,10,18H2,1-3H3,(H,29,31);4-11H,18H2,1-3H3,(H,19,20);1,3-6H,2H2,(H,11,12);2-3H2,1H3;2-3H2,1H3. The van der Waals surface area contributed by atoms with E-state index in [0.717, 1.165) is 150 Å². The monoisotopic (exact) mass is 2130 g/mol. The molecule has 0 saturated heterocycles. The van der Waals surface area contributed by atoms with E-state index < -0.39 is 52.7 Å². The largest absolute Gasteiger partial charge is 0.478 e. The first kappa shape index (κ1) is 115. The molecule has 10 N–H and O–H groups in total. The molecule has 0 saturated carbocycles. The van der Waals surface area contributed by atoms with E-state index >= 15 is 0 Å². The van der Waals surface area contributed by atoms with E-state index in [4.69, 9.17) is 40.3 Å². The lowest BCUT2D eigenvalue weighted by Gasteiger charge is -2.21. The number of allylic oxidation sites excluding steroid dienone is 2. The first-order chi connectivity index (χ1) is 70.7. The number of carbonyl (C=O) groups excluding carboxylic acids is 7. The predicted octanol–water partition coefficient (Wildman–Crippen LogP) is 28.1. The summed E-state index contributed by atoms with van der Waals surface area (Å²) in [5.74, 6) is -0.914. The normalized spacial score (nSPS) is 11.5. The number of methoxy groups -OCH3 is 2. The molecule has 0 unspecified atom stereocenters. The number of carboxylic acids is 1. The highest BCUT2D eigenvalue weighted by molar-refractivity contribution is 9.09. The average Bonchev–Trinajstić information content (AvgIpc) is 1.63. The van der Waals surface area contributed by atoms with Crippen molar-refractivity contribution < 1.29 is 71.9 Å². The zero-order valence-corrected chi connectivity index (χ0v) is 90.3. The molecule has 14 aromatic rings. The molecule has 148 heavy (non-hydrogen) atoms. The third-order valence-electron chi connectivity index (χ3n) is 22.6. The number of alkyl halides is 2. The van der Waals surface area contributed by atoms with Gasteiger partial charge in [-0.15, -0.1) is 0 Å². The minimum atomic E-state index is -0.863. The summed E-state index contributed by atoms with van der Waals surface area (Å²) in [6.45, 7) is 29.1. The van der Waals surface area contributed by atoms with Crippen molar-refractivity contribution in [1.29, 1.82) is 0 Å². The molecular formula is C122H137Br2N9O15. The Morgan fingerprint density at radius 1 is 0.365 bits per heavy atom. The number of nitrogen functional groups attached to an aromatic ring is 1. The second kappa shape index (κ2) is 56.3. The molecule has 12 aromatic carbocycles. The lowest BCUT2D eigenvalue weighted by molar-refractivity contribution is 0.0624. The fourth-order valence-corrected chi connectivity index (χ4v) is 16.0. The molecule has 4 amide bonds. The number of hydrogen-bond acceptors (Lipinski definition) is 17. The summed E-state index contributed by atoms with van der Waals surface area (Å²) in [6.07, 6.45) is 13.5. The summed E-state index contributed by atoms with van der Waals surface area (Å²) in [6, 6.07) is 89.1. The van der Waals surface area contributed by atoms with Crippen LogP contribution in [-0.2, 0) is 73.6 Å². The van der Waals surface area contributed by atoms with Crippen LogP contribution in [0.15, 0.2) is 304 Å². The van der Waals surface area contributed by atoms with Gasteiger partial charge in [0.2, 0.25) is 0 Å². The average molecular weight is 2130 g/mol. The van der Waals surface area contributed by atoms with Crippen molar-refractivity contribution in [2.75, 3.05) is 84.7 Å². The second-order valence-corrected chi connectivity index (χ2v) is 40.6. The van der Waals surface area contributed by atoms with Gasteiger partial charge in [0.15, 0.2) is 17.3 Å². The fourth-order valence-electron chi connectivity index (χ4n) is 15.6. The van der Waals surface area contributed by atoms with Crippen molar-refractivity contribution in [3.8, 4) is 44.5 Å². The van der Waals surface area contributed by atoms with Crippen molar-refractivity contribution >= 4 is 142 Å². The smallest absolute Gasteiger partial charge is 0.412 e. The van der Waals surface area contributed by atoms with E-state index in [1.807, 2.05) is 368 Å². The Morgan fingerprint density at radius 2 is 0.689 bits per heavy atom. The van der Waals surface area contributed by atoms with Gasteiger partial charge >= 0.3 is 30.3 Å². The molecule has 0 radical (unpaired) electrons. The second-order valence-electron chi connectivity index (χ2n) is 39.0. The van der Waals surface area contributed by atoms with Crippen molar-refractivity contribution in [3.05, 3.63) is 365 Å². The zero-order chi connectivity index (χ0) is 107.